The highest BCUT2D eigenvalue weighted by Gasteiger charge is 2.19. The minimum atomic E-state index is -4.19. The normalized spacial score (nSPS) is 13.1. The van der Waals surface area contributed by atoms with Gasteiger partial charge >= 0.3 is 0 Å². The van der Waals surface area contributed by atoms with Crippen molar-refractivity contribution in [3.05, 3.63) is 108 Å². The molecule has 6 heteroatoms. The Balaban J connectivity index is 1.93. The standard InChI is InChI=1S/C26H21NO3S2/c1-20-10-14-24(15-11-20)31(28,27-32(29,30)25-16-12-21(2)13-17-25)19-18-23-8-5-7-22-6-3-4-9-26(22)23/h3-17H,1-2H3. The summed E-state index contributed by atoms with van der Waals surface area (Å²) in [4.78, 5) is 0.237. The molecule has 0 heterocycles. The first kappa shape index (κ1) is 21.8. The molecule has 160 valence electrons. The summed E-state index contributed by atoms with van der Waals surface area (Å²) in [6, 6.07) is 26.4. The number of rotatable bonds is 3. The van der Waals surface area contributed by atoms with Crippen LogP contribution in [0.1, 0.15) is 16.7 Å². The molecule has 32 heavy (non-hydrogen) atoms. The van der Waals surface area contributed by atoms with Crippen LogP contribution in [0, 0.1) is 25.0 Å². The molecule has 0 aliphatic carbocycles. The molecule has 0 fully saturated rings. The average Bonchev–Trinajstić information content (AvgIpc) is 2.78. The summed E-state index contributed by atoms with van der Waals surface area (Å²) < 4.78 is 43.8. The van der Waals surface area contributed by atoms with E-state index in [9.17, 15) is 12.6 Å². The molecular formula is C26H21NO3S2. The second-order valence-corrected chi connectivity index (χ2v) is 11.2. The van der Waals surface area contributed by atoms with E-state index < -0.39 is 19.8 Å². The van der Waals surface area contributed by atoms with Crippen molar-refractivity contribution in [2.45, 2.75) is 23.6 Å². The van der Waals surface area contributed by atoms with E-state index in [-0.39, 0.29) is 9.79 Å². The van der Waals surface area contributed by atoms with Gasteiger partial charge in [0.05, 0.1) is 9.79 Å². The molecule has 0 aliphatic rings. The Morgan fingerprint density at radius 3 is 1.88 bits per heavy atom. The van der Waals surface area contributed by atoms with Crippen LogP contribution in [0.25, 0.3) is 10.8 Å². The number of benzene rings is 4. The van der Waals surface area contributed by atoms with Gasteiger partial charge in [0.2, 0.25) is 0 Å². The maximum Gasteiger partial charge on any atom is 0.291 e. The molecule has 4 rings (SSSR count). The maximum atomic E-state index is 13.9. The predicted molar refractivity (Wildman–Crippen MR) is 129 cm³/mol. The summed E-state index contributed by atoms with van der Waals surface area (Å²) in [5.41, 5.74) is 2.53. The lowest BCUT2D eigenvalue weighted by Crippen LogP contribution is -2.05. The fourth-order valence-corrected chi connectivity index (χ4v) is 6.49. The third kappa shape index (κ3) is 4.59. The minimum absolute atomic E-state index is 0.0186. The molecular weight excluding hydrogens is 438 g/mol. The molecule has 0 saturated carbocycles. The van der Waals surface area contributed by atoms with Gasteiger partial charge in [0.25, 0.3) is 10.0 Å². The first-order valence-corrected chi connectivity index (χ1v) is 12.9. The van der Waals surface area contributed by atoms with Crippen LogP contribution in [-0.4, -0.2) is 12.6 Å². The molecule has 4 aromatic carbocycles. The van der Waals surface area contributed by atoms with Crippen LogP contribution < -0.4 is 0 Å². The van der Waals surface area contributed by atoms with Crippen LogP contribution in [0.5, 0.6) is 0 Å². The average molecular weight is 460 g/mol. The van der Waals surface area contributed by atoms with E-state index in [2.05, 4.69) is 14.9 Å². The van der Waals surface area contributed by atoms with Crippen LogP contribution in [-0.2, 0) is 19.8 Å². The summed E-state index contributed by atoms with van der Waals surface area (Å²) in [6.45, 7) is 3.76. The van der Waals surface area contributed by atoms with Gasteiger partial charge in [-0.05, 0) is 55.0 Å². The van der Waals surface area contributed by atoms with Gasteiger partial charge in [-0.25, -0.2) is 4.21 Å². The van der Waals surface area contributed by atoms with Crippen LogP contribution >= 0.6 is 0 Å². The van der Waals surface area contributed by atoms with E-state index in [4.69, 9.17) is 0 Å². The molecule has 0 amide bonds. The van der Waals surface area contributed by atoms with Crippen LogP contribution in [0.4, 0.5) is 0 Å². The van der Waals surface area contributed by atoms with Gasteiger partial charge in [-0.3, -0.25) is 0 Å². The maximum absolute atomic E-state index is 13.9. The van der Waals surface area contributed by atoms with Gasteiger partial charge in [0.1, 0.15) is 0 Å². The summed E-state index contributed by atoms with van der Waals surface area (Å²) in [6.07, 6.45) is 0. The number of fused-ring (bicyclic) bond motifs is 1. The Bertz CT molecular complexity index is 1580. The quantitative estimate of drug-likeness (QED) is 0.370. The van der Waals surface area contributed by atoms with Crippen molar-refractivity contribution in [2.24, 2.45) is 3.77 Å². The topological polar surface area (TPSA) is 63.6 Å². The van der Waals surface area contributed by atoms with E-state index in [0.29, 0.717) is 5.56 Å². The number of hydrogen-bond donors (Lipinski definition) is 0. The lowest BCUT2D eigenvalue weighted by molar-refractivity contribution is 0.598. The third-order valence-electron chi connectivity index (χ3n) is 4.98. The van der Waals surface area contributed by atoms with Crippen molar-refractivity contribution in [3.63, 3.8) is 0 Å². The molecule has 0 bridgehead atoms. The SMILES string of the molecule is Cc1ccc(S(=O)(=O)N=S(=O)(C#Cc2cccc3ccccc23)c2ccc(C)cc2)cc1. The molecule has 0 N–H and O–H groups in total. The van der Waals surface area contributed by atoms with Crippen molar-refractivity contribution in [2.75, 3.05) is 0 Å². The number of hydrogen-bond acceptors (Lipinski definition) is 3. The molecule has 4 nitrogen and oxygen atoms in total. The fourth-order valence-electron chi connectivity index (χ4n) is 3.19. The zero-order chi connectivity index (χ0) is 22.8. The Labute approximate surface area is 189 Å². The largest absolute Gasteiger partial charge is 0.291 e. The molecule has 0 radical (unpaired) electrons. The molecule has 0 saturated heterocycles. The summed E-state index contributed by atoms with van der Waals surface area (Å²) >= 11 is 0. The van der Waals surface area contributed by atoms with E-state index in [1.165, 1.54) is 12.1 Å². The highest BCUT2D eigenvalue weighted by Crippen LogP contribution is 2.22. The summed E-state index contributed by atoms with van der Waals surface area (Å²) in [5, 5.41) is 4.60. The van der Waals surface area contributed by atoms with Gasteiger partial charge < -0.3 is 0 Å². The second kappa shape index (κ2) is 8.62. The van der Waals surface area contributed by atoms with Gasteiger partial charge in [-0.2, -0.15) is 8.42 Å². The summed E-state index contributed by atoms with van der Waals surface area (Å²) in [7, 11) is -7.78. The molecule has 0 spiro atoms. The first-order chi connectivity index (χ1) is 15.3. The number of nitrogens with zero attached hydrogens (tertiary/aromatic N) is 1. The Hall–Kier alpha value is -3.40. The van der Waals surface area contributed by atoms with Gasteiger partial charge in [-0.15, -0.1) is 0 Å². The highest BCUT2D eigenvalue weighted by molar-refractivity contribution is 8.06. The van der Waals surface area contributed by atoms with Crippen molar-refractivity contribution in [3.8, 4) is 11.2 Å². The van der Waals surface area contributed by atoms with Crippen LogP contribution in [0.3, 0.4) is 0 Å². The highest BCUT2D eigenvalue weighted by atomic mass is 32.3. The van der Waals surface area contributed by atoms with Crippen molar-refractivity contribution in [1.29, 1.82) is 0 Å². The lowest BCUT2D eigenvalue weighted by atomic mass is 10.1. The van der Waals surface area contributed by atoms with E-state index >= 15 is 0 Å². The van der Waals surface area contributed by atoms with Crippen LogP contribution in [0.2, 0.25) is 0 Å². The third-order valence-corrected chi connectivity index (χ3v) is 8.76. The van der Waals surface area contributed by atoms with E-state index in [0.717, 1.165) is 21.9 Å². The van der Waals surface area contributed by atoms with Gasteiger partial charge in [0.15, 0.2) is 9.73 Å². The van der Waals surface area contributed by atoms with Crippen molar-refractivity contribution in [1.82, 2.24) is 0 Å². The van der Waals surface area contributed by atoms with E-state index in [1.54, 1.807) is 36.4 Å². The number of sulfonamides is 1. The molecule has 0 aromatic heterocycles. The predicted octanol–water partition coefficient (Wildman–Crippen LogP) is 5.68. The summed E-state index contributed by atoms with van der Waals surface area (Å²) in [5.74, 6) is 2.94. The Kier molecular flexibility index (Phi) is 5.88. The molecule has 4 aromatic rings. The number of aryl methyl sites for hydroxylation is 2. The Morgan fingerprint density at radius 1 is 0.656 bits per heavy atom. The molecule has 1 atom stereocenters. The zero-order valence-electron chi connectivity index (χ0n) is 17.6. The second-order valence-electron chi connectivity index (χ2n) is 7.46. The fraction of sp³-hybridized carbons (Fsp3) is 0.0769. The first-order valence-electron chi connectivity index (χ1n) is 9.94. The van der Waals surface area contributed by atoms with Gasteiger partial charge in [0, 0.05) is 10.8 Å². The molecule has 0 aliphatic heterocycles. The smallest absolute Gasteiger partial charge is 0.230 e. The Morgan fingerprint density at radius 2 is 1.22 bits per heavy atom. The lowest BCUT2D eigenvalue weighted by Gasteiger charge is -2.06. The minimum Gasteiger partial charge on any atom is -0.230 e. The van der Waals surface area contributed by atoms with Crippen LogP contribution in [0.15, 0.2) is 105 Å². The van der Waals surface area contributed by atoms with E-state index in [1.807, 2.05) is 56.3 Å². The molecule has 1 unspecified atom stereocenters. The van der Waals surface area contributed by atoms with Crippen molar-refractivity contribution < 1.29 is 12.6 Å². The van der Waals surface area contributed by atoms with Crippen molar-refractivity contribution >= 4 is 30.5 Å². The monoisotopic (exact) mass is 459 g/mol. The van der Waals surface area contributed by atoms with Gasteiger partial charge in [-0.1, -0.05) is 81.5 Å². The zero-order valence-corrected chi connectivity index (χ0v) is 19.3.